The molecule has 0 aromatic carbocycles. The summed E-state index contributed by atoms with van der Waals surface area (Å²) < 4.78 is 0. The van der Waals surface area contributed by atoms with E-state index in [0.717, 1.165) is 12.8 Å². The molecule has 1 fully saturated rings. The van der Waals surface area contributed by atoms with Gasteiger partial charge < -0.3 is 20.8 Å². The molecule has 1 aliphatic carbocycles. The van der Waals surface area contributed by atoms with Crippen LogP contribution in [0.4, 0.5) is 0 Å². The van der Waals surface area contributed by atoms with Crippen LogP contribution in [0.2, 0.25) is 0 Å². The summed E-state index contributed by atoms with van der Waals surface area (Å²) in [5.74, 6) is -0.998. The van der Waals surface area contributed by atoms with Crippen molar-refractivity contribution in [3.05, 3.63) is 0 Å². The fourth-order valence-electron chi connectivity index (χ4n) is 3.16. The molecule has 1 saturated carbocycles. The van der Waals surface area contributed by atoms with Crippen LogP contribution >= 0.6 is 0 Å². The predicted molar refractivity (Wildman–Crippen MR) is 88.5 cm³/mol. The molecule has 2 atom stereocenters. The highest BCUT2D eigenvalue weighted by Crippen LogP contribution is 2.41. The molecule has 134 valence electrons. The Hall–Kier alpha value is -1.14. The second-order valence-corrected chi connectivity index (χ2v) is 8.03. The SMILES string of the molecule is C[C@@H](N(C(=O)C1(C(N)=O)CCCC1)[C@H](C)C(C)(C)O)C(C)(C)O. The van der Waals surface area contributed by atoms with Gasteiger partial charge in [0.05, 0.1) is 23.3 Å². The van der Waals surface area contributed by atoms with Gasteiger partial charge in [-0.1, -0.05) is 12.8 Å². The second-order valence-electron chi connectivity index (χ2n) is 8.03. The first kappa shape index (κ1) is 19.9. The Kier molecular flexibility index (Phi) is 5.54. The topological polar surface area (TPSA) is 104 Å². The zero-order chi connectivity index (χ0) is 18.2. The van der Waals surface area contributed by atoms with Crippen molar-refractivity contribution in [2.75, 3.05) is 0 Å². The number of hydrogen-bond donors (Lipinski definition) is 3. The summed E-state index contributed by atoms with van der Waals surface area (Å²) in [7, 11) is 0. The van der Waals surface area contributed by atoms with Crippen LogP contribution in [0.3, 0.4) is 0 Å². The van der Waals surface area contributed by atoms with E-state index in [1.807, 2.05) is 0 Å². The van der Waals surface area contributed by atoms with Gasteiger partial charge in [0.15, 0.2) is 0 Å². The highest BCUT2D eigenvalue weighted by Gasteiger charge is 2.52. The molecule has 2 amide bonds. The molecular weight excluding hydrogens is 296 g/mol. The Balaban J connectivity index is 3.34. The van der Waals surface area contributed by atoms with Gasteiger partial charge in [0.1, 0.15) is 5.41 Å². The number of carbonyl (C=O) groups excluding carboxylic acids is 2. The molecule has 1 rings (SSSR count). The van der Waals surface area contributed by atoms with Crippen molar-refractivity contribution < 1.29 is 19.8 Å². The van der Waals surface area contributed by atoms with Crippen molar-refractivity contribution in [2.45, 2.75) is 90.5 Å². The summed E-state index contributed by atoms with van der Waals surface area (Å²) >= 11 is 0. The van der Waals surface area contributed by atoms with Gasteiger partial charge in [-0.2, -0.15) is 0 Å². The average Bonchev–Trinajstić information content (AvgIpc) is 2.86. The molecular formula is C17H32N2O4. The largest absolute Gasteiger partial charge is 0.388 e. The number of hydrogen-bond acceptors (Lipinski definition) is 4. The molecule has 4 N–H and O–H groups in total. The first-order valence-corrected chi connectivity index (χ1v) is 8.32. The molecule has 0 aromatic heterocycles. The van der Waals surface area contributed by atoms with Crippen LogP contribution in [-0.4, -0.2) is 50.2 Å². The number of aliphatic hydroxyl groups is 2. The van der Waals surface area contributed by atoms with Gasteiger partial charge in [-0.15, -0.1) is 0 Å². The minimum atomic E-state index is -1.22. The lowest BCUT2D eigenvalue weighted by Gasteiger charge is -2.47. The van der Waals surface area contributed by atoms with E-state index >= 15 is 0 Å². The number of nitrogens with zero attached hydrogens (tertiary/aromatic N) is 1. The fraction of sp³-hybridized carbons (Fsp3) is 0.882. The summed E-state index contributed by atoms with van der Waals surface area (Å²) in [6.45, 7) is 9.90. The Morgan fingerprint density at radius 3 is 1.61 bits per heavy atom. The third kappa shape index (κ3) is 3.86. The van der Waals surface area contributed by atoms with Crippen molar-refractivity contribution in [3.8, 4) is 0 Å². The highest BCUT2D eigenvalue weighted by molar-refractivity contribution is 6.05. The van der Waals surface area contributed by atoms with E-state index in [-0.39, 0.29) is 5.91 Å². The van der Waals surface area contributed by atoms with E-state index in [0.29, 0.717) is 12.8 Å². The van der Waals surface area contributed by atoms with E-state index in [2.05, 4.69) is 0 Å². The Morgan fingerprint density at radius 1 is 1.00 bits per heavy atom. The van der Waals surface area contributed by atoms with Gasteiger partial charge in [-0.25, -0.2) is 0 Å². The molecule has 0 bridgehead atoms. The molecule has 6 nitrogen and oxygen atoms in total. The molecule has 0 heterocycles. The lowest BCUT2D eigenvalue weighted by atomic mass is 9.81. The maximum atomic E-state index is 13.3. The van der Waals surface area contributed by atoms with Crippen molar-refractivity contribution in [1.29, 1.82) is 0 Å². The molecule has 0 aromatic rings. The standard InChI is InChI=1S/C17H32N2O4/c1-11(15(3,4)22)19(12(2)16(5,6)23)14(21)17(13(18)20)9-7-8-10-17/h11-12,22-23H,7-10H2,1-6H3,(H2,18,20)/t11-,12-/m1/s1. The van der Waals surface area contributed by atoms with Crippen molar-refractivity contribution in [3.63, 3.8) is 0 Å². The Bertz CT molecular complexity index is 436. The smallest absolute Gasteiger partial charge is 0.238 e. The first-order valence-electron chi connectivity index (χ1n) is 8.32. The van der Waals surface area contributed by atoms with Crippen LogP contribution in [0, 0.1) is 5.41 Å². The number of primary amides is 1. The predicted octanol–water partition coefficient (Wildman–Crippen LogP) is 1.18. The molecule has 0 saturated heterocycles. The summed E-state index contributed by atoms with van der Waals surface area (Å²) in [6.07, 6.45) is 2.40. The van der Waals surface area contributed by atoms with Gasteiger partial charge in [-0.05, 0) is 54.4 Å². The van der Waals surface area contributed by atoms with E-state index < -0.39 is 34.6 Å². The highest BCUT2D eigenvalue weighted by atomic mass is 16.3. The maximum Gasteiger partial charge on any atom is 0.238 e. The summed E-state index contributed by atoms with van der Waals surface area (Å²) in [6, 6.07) is -1.15. The van der Waals surface area contributed by atoms with E-state index in [1.165, 1.54) is 4.90 Å². The minimum absolute atomic E-state index is 0.383. The number of rotatable bonds is 6. The first-order chi connectivity index (χ1) is 10.2. The van der Waals surface area contributed by atoms with Crippen molar-refractivity contribution >= 4 is 11.8 Å². The molecule has 0 radical (unpaired) electrons. The quantitative estimate of drug-likeness (QED) is 0.637. The fourth-order valence-corrected chi connectivity index (χ4v) is 3.16. The molecule has 0 spiro atoms. The molecule has 6 heteroatoms. The van der Waals surface area contributed by atoms with Crippen LogP contribution in [0.15, 0.2) is 0 Å². The molecule has 23 heavy (non-hydrogen) atoms. The van der Waals surface area contributed by atoms with Crippen LogP contribution in [-0.2, 0) is 9.59 Å². The molecule has 1 aliphatic rings. The summed E-state index contributed by atoms with van der Waals surface area (Å²) in [5, 5.41) is 20.8. The summed E-state index contributed by atoms with van der Waals surface area (Å²) in [5.41, 5.74) is 2.01. The number of carbonyl (C=O) groups is 2. The van der Waals surface area contributed by atoms with Crippen LogP contribution in [0.5, 0.6) is 0 Å². The Morgan fingerprint density at radius 2 is 1.35 bits per heavy atom. The zero-order valence-corrected chi connectivity index (χ0v) is 15.2. The third-order valence-corrected chi connectivity index (χ3v) is 5.45. The zero-order valence-electron chi connectivity index (χ0n) is 15.2. The van der Waals surface area contributed by atoms with E-state index in [9.17, 15) is 19.8 Å². The second kappa shape index (κ2) is 6.40. The number of amides is 2. The van der Waals surface area contributed by atoms with Crippen molar-refractivity contribution in [1.82, 2.24) is 4.90 Å². The minimum Gasteiger partial charge on any atom is -0.388 e. The van der Waals surface area contributed by atoms with Crippen LogP contribution < -0.4 is 5.73 Å². The summed E-state index contributed by atoms with van der Waals surface area (Å²) in [4.78, 5) is 26.8. The lowest BCUT2D eigenvalue weighted by Crippen LogP contribution is -2.63. The third-order valence-electron chi connectivity index (χ3n) is 5.45. The lowest BCUT2D eigenvalue weighted by molar-refractivity contribution is -0.164. The van der Waals surface area contributed by atoms with Gasteiger partial charge in [-0.3, -0.25) is 9.59 Å². The Labute approximate surface area is 139 Å². The van der Waals surface area contributed by atoms with Gasteiger partial charge in [0.25, 0.3) is 0 Å². The maximum absolute atomic E-state index is 13.3. The van der Waals surface area contributed by atoms with E-state index in [1.54, 1.807) is 41.5 Å². The number of nitrogens with two attached hydrogens (primary N) is 1. The van der Waals surface area contributed by atoms with Crippen molar-refractivity contribution in [2.24, 2.45) is 11.1 Å². The molecule has 0 aliphatic heterocycles. The van der Waals surface area contributed by atoms with Gasteiger partial charge >= 0.3 is 0 Å². The average molecular weight is 328 g/mol. The van der Waals surface area contributed by atoms with Gasteiger partial charge in [0.2, 0.25) is 11.8 Å². The van der Waals surface area contributed by atoms with Crippen LogP contribution in [0.1, 0.15) is 67.2 Å². The normalized spacial score (nSPS) is 20.9. The van der Waals surface area contributed by atoms with E-state index in [4.69, 9.17) is 5.73 Å². The monoisotopic (exact) mass is 328 g/mol. The van der Waals surface area contributed by atoms with Crippen LogP contribution in [0.25, 0.3) is 0 Å². The van der Waals surface area contributed by atoms with Gasteiger partial charge in [0, 0.05) is 0 Å². The molecule has 0 unspecified atom stereocenters.